The van der Waals surface area contributed by atoms with E-state index < -0.39 is 15.8 Å². The molecule has 0 radical (unpaired) electrons. The van der Waals surface area contributed by atoms with Crippen LogP contribution in [-0.4, -0.2) is 36.7 Å². The number of carbonyl (C=O) groups excluding carboxylic acids is 1. The largest absolute Gasteiger partial charge is 0.352 e. The second kappa shape index (κ2) is 7.92. The van der Waals surface area contributed by atoms with Gasteiger partial charge in [-0.25, -0.2) is 12.8 Å². The number of benzene rings is 1. The molecular weight excluding hydrogens is 357 g/mol. The van der Waals surface area contributed by atoms with Crippen LogP contribution in [-0.2, 0) is 21.4 Å². The van der Waals surface area contributed by atoms with E-state index in [4.69, 9.17) is 0 Å². The monoisotopic (exact) mass is 377 g/mol. The van der Waals surface area contributed by atoms with E-state index in [9.17, 15) is 17.6 Å². The summed E-state index contributed by atoms with van der Waals surface area (Å²) in [6.07, 6.45) is 4.15. The van der Waals surface area contributed by atoms with Crippen LogP contribution in [0.5, 0.6) is 0 Å². The molecule has 26 heavy (non-hydrogen) atoms. The predicted molar refractivity (Wildman–Crippen MR) is 94.0 cm³/mol. The van der Waals surface area contributed by atoms with Crippen LogP contribution in [0.1, 0.15) is 18.4 Å². The van der Waals surface area contributed by atoms with Crippen LogP contribution in [0.4, 0.5) is 4.39 Å². The van der Waals surface area contributed by atoms with Gasteiger partial charge >= 0.3 is 0 Å². The first kappa shape index (κ1) is 18.5. The number of aromatic nitrogens is 1. The second-order valence-electron chi connectivity index (χ2n) is 6.18. The molecule has 1 aromatic heterocycles. The molecule has 1 aliphatic heterocycles. The van der Waals surface area contributed by atoms with Crippen molar-refractivity contribution in [1.82, 2.24) is 14.6 Å². The van der Waals surface area contributed by atoms with Crippen LogP contribution < -0.4 is 5.32 Å². The van der Waals surface area contributed by atoms with Crippen LogP contribution in [0, 0.1) is 11.7 Å². The molecule has 0 saturated carbocycles. The Hall–Kier alpha value is -2.32. The Labute approximate surface area is 152 Å². The fourth-order valence-electron chi connectivity index (χ4n) is 2.99. The molecule has 0 aliphatic carbocycles. The lowest BCUT2D eigenvalue weighted by Gasteiger charge is -2.30. The Morgan fingerprint density at radius 3 is 2.46 bits per heavy atom. The molecule has 0 unspecified atom stereocenters. The van der Waals surface area contributed by atoms with Gasteiger partial charge in [-0.2, -0.15) is 4.31 Å². The standard InChI is InChI=1S/C18H20FN3O3S/c19-16-3-1-2-4-17(16)26(24,25)22-11-7-15(8-12-22)18(23)21-13-14-5-9-20-10-6-14/h1-6,9-10,15H,7-8,11-13H2,(H,21,23). The molecule has 1 aromatic carbocycles. The number of hydrogen-bond acceptors (Lipinski definition) is 4. The summed E-state index contributed by atoms with van der Waals surface area (Å²) in [6.45, 7) is 0.809. The fraction of sp³-hybridized carbons (Fsp3) is 0.333. The topological polar surface area (TPSA) is 79.4 Å². The molecule has 0 bridgehead atoms. The van der Waals surface area contributed by atoms with E-state index in [2.05, 4.69) is 10.3 Å². The van der Waals surface area contributed by atoms with Gasteiger partial charge < -0.3 is 5.32 Å². The van der Waals surface area contributed by atoms with Crippen LogP contribution in [0.3, 0.4) is 0 Å². The number of nitrogens with zero attached hydrogens (tertiary/aromatic N) is 2. The average molecular weight is 377 g/mol. The number of amides is 1. The lowest BCUT2D eigenvalue weighted by Crippen LogP contribution is -2.43. The summed E-state index contributed by atoms with van der Waals surface area (Å²) in [5, 5.41) is 2.87. The quantitative estimate of drug-likeness (QED) is 0.864. The molecular formula is C18H20FN3O3S. The van der Waals surface area contributed by atoms with Gasteiger partial charge in [-0.05, 0) is 42.7 Å². The van der Waals surface area contributed by atoms with E-state index in [0.29, 0.717) is 19.4 Å². The Balaban J connectivity index is 1.57. The van der Waals surface area contributed by atoms with Crippen molar-refractivity contribution >= 4 is 15.9 Å². The first-order chi connectivity index (χ1) is 12.5. The molecule has 138 valence electrons. The molecule has 1 aliphatic rings. The predicted octanol–water partition coefficient (Wildman–Crippen LogP) is 1.94. The highest BCUT2D eigenvalue weighted by Crippen LogP contribution is 2.25. The third kappa shape index (κ3) is 4.08. The van der Waals surface area contributed by atoms with Gasteiger partial charge in [-0.15, -0.1) is 0 Å². The molecule has 1 N–H and O–H groups in total. The van der Waals surface area contributed by atoms with E-state index in [0.717, 1.165) is 11.6 Å². The molecule has 0 atom stereocenters. The molecule has 8 heteroatoms. The maximum Gasteiger partial charge on any atom is 0.245 e. The minimum Gasteiger partial charge on any atom is -0.352 e. The van der Waals surface area contributed by atoms with Gasteiger partial charge in [-0.3, -0.25) is 9.78 Å². The highest BCUT2D eigenvalue weighted by molar-refractivity contribution is 7.89. The number of hydrogen-bond donors (Lipinski definition) is 1. The van der Waals surface area contributed by atoms with Crippen LogP contribution in [0.25, 0.3) is 0 Å². The summed E-state index contributed by atoms with van der Waals surface area (Å²) in [4.78, 5) is 15.9. The molecule has 1 saturated heterocycles. The highest BCUT2D eigenvalue weighted by Gasteiger charge is 2.33. The van der Waals surface area contributed by atoms with Crippen LogP contribution in [0.2, 0.25) is 0 Å². The van der Waals surface area contributed by atoms with Crippen molar-refractivity contribution in [2.24, 2.45) is 5.92 Å². The van der Waals surface area contributed by atoms with E-state index in [1.54, 1.807) is 12.4 Å². The minimum atomic E-state index is -3.88. The summed E-state index contributed by atoms with van der Waals surface area (Å²) in [6, 6.07) is 8.99. The van der Waals surface area contributed by atoms with Gasteiger partial charge in [0, 0.05) is 37.9 Å². The van der Waals surface area contributed by atoms with E-state index >= 15 is 0 Å². The summed E-state index contributed by atoms with van der Waals surface area (Å²) >= 11 is 0. The second-order valence-corrected chi connectivity index (χ2v) is 8.09. The van der Waals surface area contributed by atoms with Crippen LogP contribution >= 0.6 is 0 Å². The minimum absolute atomic E-state index is 0.0928. The highest BCUT2D eigenvalue weighted by atomic mass is 32.2. The van der Waals surface area contributed by atoms with Crippen molar-refractivity contribution < 1.29 is 17.6 Å². The lowest BCUT2D eigenvalue weighted by molar-refractivity contribution is -0.126. The van der Waals surface area contributed by atoms with Gasteiger partial charge in [0.2, 0.25) is 15.9 Å². The normalized spacial score (nSPS) is 16.3. The van der Waals surface area contributed by atoms with Crippen molar-refractivity contribution in [2.75, 3.05) is 13.1 Å². The third-order valence-electron chi connectivity index (χ3n) is 4.50. The summed E-state index contributed by atoms with van der Waals surface area (Å²) in [5.74, 6) is -1.10. The number of halogens is 1. The molecule has 2 heterocycles. The van der Waals surface area contributed by atoms with Crippen molar-refractivity contribution in [1.29, 1.82) is 0 Å². The van der Waals surface area contributed by atoms with Crippen molar-refractivity contribution in [2.45, 2.75) is 24.3 Å². The van der Waals surface area contributed by atoms with Gasteiger partial charge in [0.25, 0.3) is 0 Å². The van der Waals surface area contributed by atoms with E-state index in [-0.39, 0.29) is 29.8 Å². The van der Waals surface area contributed by atoms with E-state index in [1.807, 2.05) is 12.1 Å². The van der Waals surface area contributed by atoms with Gasteiger partial charge in [0.05, 0.1) is 0 Å². The Morgan fingerprint density at radius 2 is 1.81 bits per heavy atom. The first-order valence-electron chi connectivity index (χ1n) is 8.40. The Bertz CT molecular complexity index is 866. The molecule has 1 amide bonds. The molecule has 3 rings (SSSR count). The van der Waals surface area contributed by atoms with Crippen LogP contribution in [0.15, 0.2) is 53.7 Å². The number of nitrogens with one attached hydrogen (secondary N) is 1. The average Bonchev–Trinajstić information content (AvgIpc) is 2.67. The van der Waals surface area contributed by atoms with Crippen molar-refractivity contribution in [3.63, 3.8) is 0 Å². The molecule has 2 aromatic rings. The number of piperidine rings is 1. The zero-order valence-corrected chi connectivity index (χ0v) is 15.0. The SMILES string of the molecule is O=C(NCc1ccncc1)C1CCN(S(=O)(=O)c2ccccc2F)CC1. The van der Waals surface area contributed by atoms with Crippen molar-refractivity contribution in [3.05, 3.63) is 60.2 Å². The molecule has 0 spiro atoms. The number of pyridine rings is 1. The fourth-order valence-corrected chi connectivity index (χ4v) is 4.52. The molecule has 6 nitrogen and oxygen atoms in total. The van der Waals surface area contributed by atoms with Gasteiger partial charge in [0.1, 0.15) is 10.7 Å². The maximum atomic E-state index is 13.8. The number of rotatable bonds is 5. The zero-order chi connectivity index (χ0) is 18.6. The Morgan fingerprint density at radius 1 is 1.15 bits per heavy atom. The third-order valence-corrected chi connectivity index (χ3v) is 6.43. The van der Waals surface area contributed by atoms with E-state index in [1.165, 1.54) is 22.5 Å². The van der Waals surface area contributed by atoms with Gasteiger partial charge in [-0.1, -0.05) is 12.1 Å². The van der Waals surface area contributed by atoms with Crippen molar-refractivity contribution in [3.8, 4) is 0 Å². The lowest BCUT2D eigenvalue weighted by atomic mass is 9.97. The smallest absolute Gasteiger partial charge is 0.245 e. The molecule has 1 fully saturated rings. The van der Waals surface area contributed by atoms with Gasteiger partial charge in [0.15, 0.2) is 0 Å². The number of carbonyl (C=O) groups is 1. The summed E-state index contributed by atoms with van der Waals surface area (Å²) in [7, 11) is -3.88. The first-order valence-corrected chi connectivity index (χ1v) is 9.84. The maximum absolute atomic E-state index is 13.8. The number of sulfonamides is 1. The Kier molecular flexibility index (Phi) is 5.63. The summed E-state index contributed by atoms with van der Waals surface area (Å²) < 4.78 is 40.2. The zero-order valence-electron chi connectivity index (χ0n) is 14.1. The summed E-state index contributed by atoms with van der Waals surface area (Å²) in [5.41, 5.74) is 0.952.